The number of aryl methyl sites for hydroxylation is 1. The highest BCUT2D eigenvalue weighted by Crippen LogP contribution is 2.24. The summed E-state index contributed by atoms with van der Waals surface area (Å²) in [4.78, 5) is 15.8. The van der Waals surface area contributed by atoms with Gasteiger partial charge in [0.1, 0.15) is 6.54 Å². The largest absolute Gasteiger partial charge is 0.480 e. The van der Waals surface area contributed by atoms with Crippen LogP contribution < -0.4 is 4.90 Å². The molecule has 4 heteroatoms. The zero-order valence-corrected chi connectivity index (χ0v) is 13.1. The second-order valence-corrected chi connectivity index (χ2v) is 5.88. The summed E-state index contributed by atoms with van der Waals surface area (Å²) in [6.07, 6.45) is 3.24. The van der Waals surface area contributed by atoms with E-state index in [0.717, 1.165) is 44.6 Å². The average molecular weight is 290 g/mol. The SMILES string of the molecule is CCN1CCCC(N(CC(=O)O)c2ccc(C)cc2)CC1. The molecule has 0 aliphatic carbocycles. The lowest BCUT2D eigenvalue weighted by Gasteiger charge is -2.32. The van der Waals surface area contributed by atoms with Gasteiger partial charge in [0, 0.05) is 18.3 Å². The van der Waals surface area contributed by atoms with Crippen LogP contribution in [0.2, 0.25) is 0 Å². The fraction of sp³-hybridized carbons (Fsp3) is 0.588. The number of nitrogens with zero attached hydrogens (tertiary/aromatic N) is 2. The lowest BCUT2D eigenvalue weighted by Crippen LogP contribution is -2.40. The van der Waals surface area contributed by atoms with Gasteiger partial charge in [-0.1, -0.05) is 24.6 Å². The number of aliphatic carboxylic acids is 1. The number of benzene rings is 1. The highest BCUT2D eigenvalue weighted by molar-refractivity contribution is 5.74. The zero-order valence-electron chi connectivity index (χ0n) is 13.1. The fourth-order valence-corrected chi connectivity index (χ4v) is 3.08. The van der Waals surface area contributed by atoms with Crippen molar-refractivity contribution >= 4 is 11.7 Å². The third-order valence-corrected chi connectivity index (χ3v) is 4.35. The molecule has 1 heterocycles. The predicted molar refractivity (Wildman–Crippen MR) is 85.9 cm³/mol. The van der Waals surface area contributed by atoms with Gasteiger partial charge in [-0.25, -0.2) is 0 Å². The fourth-order valence-electron chi connectivity index (χ4n) is 3.08. The molecule has 4 nitrogen and oxygen atoms in total. The van der Waals surface area contributed by atoms with Crippen molar-refractivity contribution in [2.24, 2.45) is 0 Å². The third kappa shape index (κ3) is 4.46. The van der Waals surface area contributed by atoms with Gasteiger partial charge in [0.2, 0.25) is 0 Å². The molecule has 1 unspecified atom stereocenters. The van der Waals surface area contributed by atoms with Gasteiger partial charge >= 0.3 is 5.97 Å². The topological polar surface area (TPSA) is 43.8 Å². The maximum absolute atomic E-state index is 11.2. The molecule has 2 rings (SSSR count). The highest BCUT2D eigenvalue weighted by Gasteiger charge is 2.24. The van der Waals surface area contributed by atoms with Crippen LogP contribution in [0.3, 0.4) is 0 Å². The lowest BCUT2D eigenvalue weighted by atomic mass is 10.1. The van der Waals surface area contributed by atoms with E-state index in [9.17, 15) is 9.90 Å². The highest BCUT2D eigenvalue weighted by atomic mass is 16.4. The Bertz CT molecular complexity index is 458. The van der Waals surface area contributed by atoms with Gasteiger partial charge in [-0.15, -0.1) is 0 Å². The molecule has 0 amide bonds. The molecule has 1 aliphatic heterocycles. The third-order valence-electron chi connectivity index (χ3n) is 4.35. The van der Waals surface area contributed by atoms with Gasteiger partial charge in [-0.05, 0) is 51.4 Å². The maximum Gasteiger partial charge on any atom is 0.323 e. The second kappa shape index (κ2) is 7.46. The van der Waals surface area contributed by atoms with Crippen LogP contribution in [-0.2, 0) is 4.79 Å². The van der Waals surface area contributed by atoms with E-state index < -0.39 is 5.97 Å². The number of anilines is 1. The van der Waals surface area contributed by atoms with E-state index in [-0.39, 0.29) is 6.54 Å². The van der Waals surface area contributed by atoms with Crippen molar-refractivity contribution in [2.75, 3.05) is 31.1 Å². The molecule has 1 fully saturated rings. The van der Waals surface area contributed by atoms with Crippen LogP contribution in [0.5, 0.6) is 0 Å². The minimum Gasteiger partial charge on any atom is -0.480 e. The summed E-state index contributed by atoms with van der Waals surface area (Å²) in [5.74, 6) is -0.757. The molecule has 1 aromatic rings. The Hall–Kier alpha value is -1.55. The van der Waals surface area contributed by atoms with Crippen LogP contribution in [0.4, 0.5) is 5.69 Å². The van der Waals surface area contributed by atoms with Crippen LogP contribution >= 0.6 is 0 Å². The van der Waals surface area contributed by atoms with Crippen molar-refractivity contribution in [1.82, 2.24) is 4.90 Å². The first-order valence-corrected chi connectivity index (χ1v) is 7.87. The van der Waals surface area contributed by atoms with Gasteiger partial charge < -0.3 is 14.9 Å². The van der Waals surface area contributed by atoms with Crippen LogP contribution in [-0.4, -0.2) is 48.2 Å². The maximum atomic E-state index is 11.2. The molecule has 21 heavy (non-hydrogen) atoms. The van der Waals surface area contributed by atoms with Crippen molar-refractivity contribution < 1.29 is 9.90 Å². The summed E-state index contributed by atoms with van der Waals surface area (Å²) < 4.78 is 0. The predicted octanol–water partition coefficient (Wildman–Crippen LogP) is 2.76. The van der Waals surface area contributed by atoms with E-state index in [0.29, 0.717) is 6.04 Å². The van der Waals surface area contributed by atoms with Gasteiger partial charge in [0.05, 0.1) is 0 Å². The molecule has 1 atom stereocenters. The number of rotatable bonds is 5. The first-order valence-electron chi connectivity index (χ1n) is 7.87. The van der Waals surface area contributed by atoms with Gasteiger partial charge in [0.15, 0.2) is 0 Å². The molecule has 0 saturated carbocycles. The minimum atomic E-state index is -0.757. The molecule has 116 valence electrons. The summed E-state index contributed by atoms with van der Waals surface area (Å²) in [6, 6.07) is 8.51. The molecule has 0 aromatic heterocycles. The Labute approximate surface area is 127 Å². The summed E-state index contributed by atoms with van der Waals surface area (Å²) in [5.41, 5.74) is 2.23. The average Bonchev–Trinajstić information content (AvgIpc) is 2.71. The van der Waals surface area contributed by atoms with E-state index in [4.69, 9.17) is 0 Å². The Kier molecular flexibility index (Phi) is 5.62. The van der Waals surface area contributed by atoms with Crippen LogP contribution in [0, 0.1) is 6.92 Å². The van der Waals surface area contributed by atoms with Crippen LogP contribution in [0.15, 0.2) is 24.3 Å². The van der Waals surface area contributed by atoms with Gasteiger partial charge in [-0.2, -0.15) is 0 Å². The number of carbonyl (C=O) groups is 1. The quantitative estimate of drug-likeness (QED) is 0.905. The van der Waals surface area contributed by atoms with E-state index in [1.807, 2.05) is 12.1 Å². The van der Waals surface area contributed by atoms with Crippen LogP contribution in [0.1, 0.15) is 31.7 Å². The summed E-state index contributed by atoms with van der Waals surface area (Å²) >= 11 is 0. The van der Waals surface area contributed by atoms with Crippen molar-refractivity contribution in [3.05, 3.63) is 29.8 Å². The number of carboxylic acids is 1. The van der Waals surface area contributed by atoms with E-state index in [1.54, 1.807) is 0 Å². The zero-order chi connectivity index (χ0) is 15.2. The Morgan fingerprint density at radius 1 is 1.29 bits per heavy atom. The van der Waals surface area contributed by atoms with Crippen molar-refractivity contribution in [2.45, 2.75) is 39.2 Å². The Balaban J connectivity index is 2.15. The molecule has 1 saturated heterocycles. The number of hydrogen-bond acceptors (Lipinski definition) is 3. The summed E-state index contributed by atoms with van der Waals surface area (Å²) in [6.45, 7) is 7.59. The second-order valence-electron chi connectivity index (χ2n) is 5.88. The molecule has 0 radical (unpaired) electrons. The first-order chi connectivity index (χ1) is 10.1. The molecular weight excluding hydrogens is 264 g/mol. The molecule has 1 N–H and O–H groups in total. The van der Waals surface area contributed by atoms with Crippen LogP contribution in [0.25, 0.3) is 0 Å². The lowest BCUT2D eigenvalue weighted by molar-refractivity contribution is -0.135. The van der Waals surface area contributed by atoms with Crippen molar-refractivity contribution in [1.29, 1.82) is 0 Å². The van der Waals surface area contributed by atoms with Crippen molar-refractivity contribution in [3.63, 3.8) is 0 Å². The van der Waals surface area contributed by atoms with E-state index in [2.05, 4.69) is 35.8 Å². The summed E-state index contributed by atoms with van der Waals surface area (Å²) in [5, 5.41) is 9.25. The number of likely N-dealkylation sites (tertiary alicyclic amines) is 1. The first kappa shape index (κ1) is 15.8. The molecule has 0 spiro atoms. The van der Waals surface area contributed by atoms with Crippen molar-refractivity contribution in [3.8, 4) is 0 Å². The monoisotopic (exact) mass is 290 g/mol. The Morgan fingerprint density at radius 3 is 2.62 bits per heavy atom. The minimum absolute atomic E-state index is 0.0832. The summed E-state index contributed by atoms with van der Waals surface area (Å²) in [7, 11) is 0. The van der Waals surface area contributed by atoms with Gasteiger partial charge in [-0.3, -0.25) is 4.79 Å². The molecule has 1 aromatic carbocycles. The smallest absolute Gasteiger partial charge is 0.323 e. The standard InChI is InChI=1S/C17H26N2O2/c1-3-18-11-4-5-15(10-12-18)19(13-17(20)21)16-8-6-14(2)7-9-16/h6-9,15H,3-5,10-13H2,1-2H3,(H,20,21). The molecular formula is C17H26N2O2. The van der Waals surface area contributed by atoms with Gasteiger partial charge in [0.25, 0.3) is 0 Å². The molecule has 1 aliphatic rings. The number of hydrogen-bond donors (Lipinski definition) is 1. The number of carboxylic acid groups (broad SMARTS) is 1. The molecule has 0 bridgehead atoms. The Morgan fingerprint density at radius 2 is 2.00 bits per heavy atom. The van der Waals surface area contributed by atoms with E-state index >= 15 is 0 Å². The van der Waals surface area contributed by atoms with E-state index in [1.165, 1.54) is 5.56 Å². The normalized spacial score (nSPS) is 20.0.